The van der Waals surface area contributed by atoms with Crippen LogP contribution in [-0.4, -0.2) is 17.6 Å². The standard InChI is InChI=1S/C11H16FN3/c1-8-3-2-6-15(8)11-10(12)9(7-13)4-5-14-11/h4-5,8H,2-3,6-7,13H2,1H3. The predicted molar refractivity (Wildman–Crippen MR) is 58.1 cm³/mol. The van der Waals surface area contributed by atoms with Gasteiger partial charge in [-0.3, -0.25) is 0 Å². The largest absolute Gasteiger partial charge is 0.351 e. The summed E-state index contributed by atoms with van der Waals surface area (Å²) in [5, 5.41) is 0. The lowest BCUT2D eigenvalue weighted by molar-refractivity contribution is 0.590. The number of hydrogen-bond donors (Lipinski definition) is 1. The summed E-state index contributed by atoms with van der Waals surface area (Å²) < 4.78 is 13.9. The zero-order valence-electron chi connectivity index (χ0n) is 8.91. The van der Waals surface area contributed by atoms with Crippen molar-refractivity contribution in [2.45, 2.75) is 32.4 Å². The molecule has 1 aromatic rings. The normalized spacial score (nSPS) is 21.0. The zero-order chi connectivity index (χ0) is 10.8. The van der Waals surface area contributed by atoms with Crippen molar-refractivity contribution in [1.82, 2.24) is 4.98 Å². The van der Waals surface area contributed by atoms with Crippen molar-refractivity contribution in [3.05, 3.63) is 23.6 Å². The highest BCUT2D eigenvalue weighted by Gasteiger charge is 2.24. The molecule has 2 N–H and O–H groups in total. The molecule has 1 fully saturated rings. The fourth-order valence-electron chi connectivity index (χ4n) is 2.08. The number of nitrogens with zero attached hydrogens (tertiary/aromatic N) is 2. The second-order valence-corrected chi connectivity index (χ2v) is 4.00. The van der Waals surface area contributed by atoms with Crippen molar-refractivity contribution in [2.75, 3.05) is 11.4 Å². The molecule has 15 heavy (non-hydrogen) atoms. The molecule has 0 bridgehead atoms. The van der Waals surface area contributed by atoms with Crippen molar-refractivity contribution < 1.29 is 4.39 Å². The van der Waals surface area contributed by atoms with Gasteiger partial charge in [0.15, 0.2) is 11.6 Å². The second kappa shape index (κ2) is 4.14. The first-order valence-corrected chi connectivity index (χ1v) is 5.34. The Morgan fingerprint density at radius 1 is 1.67 bits per heavy atom. The van der Waals surface area contributed by atoms with Gasteiger partial charge in [-0.25, -0.2) is 9.37 Å². The van der Waals surface area contributed by atoms with Gasteiger partial charge in [-0.15, -0.1) is 0 Å². The molecule has 4 heteroatoms. The van der Waals surface area contributed by atoms with Gasteiger partial charge in [0.05, 0.1) is 0 Å². The summed E-state index contributed by atoms with van der Waals surface area (Å²) in [4.78, 5) is 6.14. The molecule has 0 aromatic carbocycles. The summed E-state index contributed by atoms with van der Waals surface area (Å²) in [5.41, 5.74) is 6.01. The Bertz CT molecular complexity index is 354. The summed E-state index contributed by atoms with van der Waals surface area (Å²) in [5.74, 6) is 0.205. The van der Waals surface area contributed by atoms with E-state index in [1.165, 1.54) is 0 Å². The minimum atomic E-state index is -0.256. The number of halogens is 1. The summed E-state index contributed by atoms with van der Waals surface area (Å²) in [6.07, 6.45) is 3.84. The molecule has 82 valence electrons. The van der Waals surface area contributed by atoms with E-state index in [1.54, 1.807) is 12.3 Å². The van der Waals surface area contributed by atoms with Crippen LogP contribution in [0.2, 0.25) is 0 Å². The molecule has 0 radical (unpaired) electrons. The maximum Gasteiger partial charge on any atom is 0.170 e. The van der Waals surface area contributed by atoms with Crippen molar-refractivity contribution >= 4 is 5.82 Å². The van der Waals surface area contributed by atoms with Gasteiger partial charge >= 0.3 is 0 Å². The zero-order valence-corrected chi connectivity index (χ0v) is 8.91. The second-order valence-electron chi connectivity index (χ2n) is 4.00. The minimum Gasteiger partial charge on any atom is -0.351 e. The summed E-state index contributed by atoms with van der Waals surface area (Å²) in [6, 6.07) is 2.01. The SMILES string of the molecule is CC1CCCN1c1nccc(CN)c1F. The molecule has 2 rings (SSSR count). The average Bonchev–Trinajstić information content (AvgIpc) is 2.65. The van der Waals surface area contributed by atoms with Crippen LogP contribution in [0.4, 0.5) is 10.2 Å². The lowest BCUT2D eigenvalue weighted by Gasteiger charge is -2.23. The number of nitrogens with two attached hydrogens (primary N) is 1. The molecule has 0 saturated carbocycles. The number of hydrogen-bond acceptors (Lipinski definition) is 3. The van der Waals surface area contributed by atoms with Gasteiger partial charge in [-0.1, -0.05) is 0 Å². The number of rotatable bonds is 2. The highest BCUT2D eigenvalue weighted by atomic mass is 19.1. The first-order chi connectivity index (χ1) is 7.24. The average molecular weight is 209 g/mol. The Morgan fingerprint density at radius 2 is 2.47 bits per heavy atom. The van der Waals surface area contributed by atoms with Gasteiger partial charge in [0.2, 0.25) is 0 Å². The molecule has 1 saturated heterocycles. The number of anilines is 1. The van der Waals surface area contributed by atoms with Gasteiger partial charge in [-0.05, 0) is 25.8 Å². The van der Waals surface area contributed by atoms with Crippen LogP contribution in [0.25, 0.3) is 0 Å². The Hall–Kier alpha value is -1.16. The van der Waals surface area contributed by atoms with Crippen molar-refractivity contribution in [3.63, 3.8) is 0 Å². The topological polar surface area (TPSA) is 42.2 Å². The molecule has 1 aliphatic heterocycles. The van der Waals surface area contributed by atoms with Crippen LogP contribution in [0.5, 0.6) is 0 Å². The van der Waals surface area contributed by atoms with Crippen LogP contribution in [0.1, 0.15) is 25.3 Å². The molecule has 0 amide bonds. The number of pyridine rings is 1. The van der Waals surface area contributed by atoms with E-state index >= 15 is 0 Å². The van der Waals surface area contributed by atoms with Crippen molar-refractivity contribution in [2.24, 2.45) is 5.73 Å². The van der Waals surface area contributed by atoms with Gasteiger partial charge < -0.3 is 10.6 Å². The molecule has 0 aliphatic carbocycles. The summed E-state index contributed by atoms with van der Waals surface area (Å²) in [6.45, 7) is 3.21. The summed E-state index contributed by atoms with van der Waals surface area (Å²) >= 11 is 0. The van der Waals surface area contributed by atoms with E-state index in [0.29, 0.717) is 17.4 Å². The molecule has 1 unspecified atom stereocenters. The van der Waals surface area contributed by atoms with Crippen LogP contribution in [0.3, 0.4) is 0 Å². The van der Waals surface area contributed by atoms with Crippen molar-refractivity contribution in [3.8, 4) is 0 Å². The van der Waals surface area contributed by atoms with Gasteiger partial charge in [0, 0.05) is 30.9 Å². The molecular formula is C11H16FN3. The van der Waals surface area contributed by atoms with E-state index in [-0.39, 0.29) is 12.4 Å². The maximum absolute atomic E-state index is 13.9. The van der Waals surface area contributed by atoms with Crippen LogP contribution in [0, 0.1) is 5.82 Å². The Morgan fingerprint density at radius 3 is 3.07 bits per heavy atom. The summed E-state index contributed by atoms with van der Waals surface area (Å²) in [7, 11) is 0. The first kappa shape index (κ1) is 10.4. The van der Waals surface area contributed by atoms with Gasteiger partial charge in [0.25, 0.3) is 0 Å². The van der Waals surface area contributed by atoms with Crippen LogP contribution in [0.15, 0.2) is 12.3 Å². The predicted octanol–water partition coefficient (Wildman–Crippen LogP) is 1.67. The molecule has 2 heterocycles. The molecule has 1 aromatic heterocycles. The van der Waals surface area contributed by atoms with Gasteiger partial charge in [0.1, 0.15) is 0 Å². The molecule has 1 atom stereocenters. The molecule has 1 aliphatic rings. The Kier molecular flexibility index (Phi) is 2.86. The third-order valence-corrected chi connectivity index (χ3v) is 3.00. The maximum atomic E-state index is 13.9. The Balaban J connectivity index is 2.35. The fourth-order valence-corrected chi connectivity index (χ4v) is 2.08. The highest BCUT2D eigenvalue weighted by Crippen LogP contribution is 2.26. The van der Waals surface area contributed by atoms with E-state index in [0.717, 1.165) is 19.4 Å². The fraction of sp³-hybridized carbons (Fsp3) is 0.545. The highest BCUT2D eigenvalue weighted by molar-refractivity contribution is 5.44. The van der Waals surface area contributed by atoms with E-state index < -0.39 is 0 Å². The monoisotopic (exact) mass is 209 g/mol. The minimum absolute atomic E-state index is 0.226. The lowest BCUT2D eigenvalue weighted by Crippen LogP contribution is -2.28. The van der Waals surface area contributed by atoms with Crippen LogP contribution < -0.4 is 10.6 Å². The third kappa shape index (κ3) is 1.81. The van der Waals surface area contributed by atoms with E-state index in [1.807, 2.05) is 4.90 Å². The van der Waals surface area contributed by atoms with E-state index in [4.69, 9.17) is 5.73 Å². The number of aromatic nitrogens is 1. The van der Waals surface area contributed by atoms with E-state index in [9.17, 15) is 4.39 Å². The molecular weight excluding hydrogens is 193 g/mol. The smallest absolute Gasteiger partial charge is 0.170 e. The Labute approximate surface area is 89.1 Å². The van der Waals surface area contributed by atoms with E-state index in [2.05, 4.69) is 11.9 Å². The quantitative estimate of drug-likeness (QED) is 0.805. The van der Waals surface area contributed by atoms with Crippen LogP contribution >= 0.6 is 0 Å². The molecule has 0 spiro atoms. The van der Waals surface area contributed by atoms with Crippen LogP contribution in [-0.2, 0) is 6.54 Å². The van der Waals surface area contributed by atoms with Gasteiger partial charge in [-0.2, -0.15) is 0 Å². The lowest BCUT2D eigenvalue weighted by atomic mass is 10.2. The first-order valence-electron chi connectivity index (χ1n) is 5.34. The molecule has 3 nitrogen and oxygen atoms in total. The van der Waals surface area contributed by atoms with Crippen molar-refractivity contribution in [1.29, 1.82) is 0 Å². The third-order valence-electron chi connectivity index (χ3n) is 3.00.